The van der Waals surface area contributed by atoms with Gasteiger partial charge in [-0.2, -0.15) is 0 Å². The smallest absolute Gasteiger partial charge is 0.255 e. The molecule has 0 aromatic heterocycles. The van der Waals surface area contributed by atoms with Crippen LogP contribution in [0.25, 0.3) is 0 Å². The molecule has 0 aliphatic carbocycles. The van der Waals surface area contributed by atoms with Gasteiger partial charge >= 0.3 is 0 Å². The second kappa shape index (κ2) is 5.45. The van der Waals surface area contributed by atoms with Gasteiger partial charge in [0.1, 0.15) is 0 Å². The topological polar surface area (TPSA) is 55.1 Å². The van der Waals surface area contributed by atoms with Crippen LogP contribution in [0.5, 0.6) is 0 Å². The van der Waals surface area contributed by atoms with E-state index in [4.69, 9.17) is 5.73 Å². The Kier molecular flexibility index (Phi) is 3.90. The predicted molar refractivity (Wildman–Crippen MR) is 82.4 cm³/mol. The molecule has 0 fully saturated rings. The van der Waals surface area contributed by atoms with Gasteiger partial charge in [-0.05, 0) is 55.3 Å². The molecule has 0 bridgehead atoms. The van der Waals surface area contributed by atoms with E-state index in [-0.39, 0.29) is 5.91 Å². The molecule has 0 aliphatic rings. The second-order valence-corrected chi connectivity index (χ2v) is 5.44. The summed E-state index contributed by atoms with van der Waals surface area (Å²) in [4.78, 5) is 12.1. The van der Waals surface area contributed by atoms with E-state index in [0.29, 0.717) is 11.3 Å². The molecular formula is C15H15BrN2O. The van der Waals surface area contributed by atoms with Crippen molar-refractivity contribution in [3.05, 3.63) is 57.6 Å². The maximum atomic E-state index is 12.1. The summed E-state index contributed by atoms with van der Waals surface area (Å²) in [6.07, 6.45) is 0. The summed E-state index contributed by atoms with van der Waals surface area (Å²) in [6.45, 7) is 4.05. The first-order valence-corrected chi connectivity index (χ1v) is 6.69. The molecule has 3 nitrogen and oxygen atoms in total. The van der Waals surface area contributed by atoms with E-state index in [9.17, 15) is 4.79 Å². The number of amides is 1. The number of anilines is 2. The Morgan fingerprint density at radius 2 is 1.84 bits per heavy atom. The average Bonchev–Trinajstić information content (AvgIpc) is 2.32. The van der Waals surface area contributed by atoms with Crippen molar-refractivity contribution < 1.29 is 4.79 Å². The van der Waals surface area contributed by atoms with Gasteiger partial charge in [0.25, 0.3) is 5.91 Å². The van der Waals surface area contributed by atoms with Crippen molar-refractivity contribution in [2.24, 2.45) is 0 Å². The molecule has 2 aromatic rings. The Bertz CT molecular complexity index is 618. The Morgan fingerprint density at radius 3 is 2.47 bits per heavy atom. The zero-order valence-corrected chi connectivity index (χ0v) is 12.4. The van der Waals surface area contributed by atoms with Gasteiger partial charge < -0.3 is 11.1 Å². The van der Waals surface area contributed by atoms with Crippen molar-refractivity contribution in [3.63, 3.8) is 0 Å². The highest BCUT2D eigenvalue weighted by molar-refractivity contribution is 9.10. The van der Waals surface area contributed by atoms with Crippen LogP contribution in [-0.4, -0.2) is 5.91 Å². The zero-order valence-electron chi connectivity index (χ0n) is 10.8. The van der Waals surface area contributed by atoms with E-state index >= 15 is 0 Å². The van der Waals surface area contributed by atoms with Crippen LogP contribution in [0.15, 0.2) is 40.9 Å². The molecule has 2 rings (SSSR count). The first-order chi connectivity index (χ1) is 8.95. The summed E-state index contributed by atoms with van der Waals surface area (Å²) >= 11 is 3.33. The third kappa shape index (κ3) is 3.35. The zero-order chi connectivity index (χ0) is 14.0. The summed E-state index contributed by atoms with van der Waals surface area (Å²) in [5, 5.41) is 2.87. The molecule has 2 aromatic carbocycles. The molecule has 1 amide bonds. The van der Waals surface area contributed by atoms with E-state index in [2.05, 4.69) is 21.2 Å². The number of nitrogens with one attached hydrogen (secondary N) is 1. The quantitative estimate of drug-likeness (QED) is 0.825. The summed E-state index contributed by atoms with van der Waals surface area (Å²) in [5.74, 6) is -0.170. The summed E-state index contributed by atoms with van der Waals surface area (Å²) in [7, 11) is 0. The van der Waals surface area contributed by atoms with E-state index < -0.39 is 0 Å². The molecule has 0 radical (unpaired) electrons. The Hall–Kier alpha value is -1.81. The SMILES string of the molecule is Cc1ccc(NC(=O)c2cc(N)cc(Br)c2)cc1C. The van der Waals surface area contributed by atoms with Crippen molar-refractivity contribution in [2.75, 3.05) is 11.1 Å². The molecule has 19 heavy (non-hydrogen) atoms. The molecule has 98 valence electrons. The fourth-order valence-electron chi connectivity index (χ4n) is 1.77. The monoisotopic (exact) mass is 318 g/mol. The number of rotatable bonds is 2. The molecule has 0 atom stereocenters. The lowest BCUT2D eigenvalue weighted by Crippen LogP contribution is -2.12. The maximum Gasteiger partial charge on any atom is 0.255 e. The largest absolute Gasteiger partial charge is 0.399 e. The molecule has 0 heterocycles. The van der Waals surface area contributed by atoms with Gasteiger partial charge in [-0.15, -0.1) is 0 Å². The highest BCUT2D eigenvalue weighted by atomic mass is 79.9. The average molecular weight is 319 g/mol. The molecule has 0 spiro atoms. The molecule has 0 saturated heterocycles. The second-order valence-electron chi connectivity index (χ2n) is 4.53. The van der Waals surface area contributed by atoms with E-state index in [1.807, 2.05) is 32.0 Å². The van der Waals surface area contributed by atoms with Crippen molar-refractivity contribution in [1.29, 1.82) is 0 Å². The Balaban J connectivity index is 2.22. The molecular weight excluding hydrogens is 304 g/mol. The normalized spacial score (nSPS) is 10.3. The molecule has 0 aliphatic heterocycles. The van der Waals surface area contributed by atoms with Crippen LogP contribution in [0.2, 0.25) is 0 Å². The standard InChI is InChI=1S/C15H15BrN2O/c1-9-3-4-14(5-10(9)2)18-15(19)11-6-12(16)8-13(17)7-11/h3-8H,17H2,1-2H3,(H,18,19). The fraction of sp³-hybridized carbons (Fsp3) is 0.133. The summed E-state index contributed by atoms with van der Waals surface area (Å²) in [5.41, 5.74) is 9.94. The Labute approximate surface area is 121 Å². The van der Waals surface area contributed by atoms with Gasteiger partial charge in [0.2, 0.25) is 0 Å². The molecule has 0 unspecified atom stereocenters. The summed E-state index contributed by atoms with van der Waals surface area (Å²) < 4.78 is 0.790. The van der Waals surface area contributed by atoms with Crippen LogP contribution in [0.3, 0.4) is 0 Å². The van der Waals surface area contributed by atoms with Gasteiger partial charge in [0.15, 0.2) is 0 Å². The van der Waals surface area contributed by atoms with Gasteiger partial charge in [0.05, 0.1) is 0 Å². The fourth-order valence-corrected chi connectivity index (χ4v) is 2.28. The van der Waals surface area contributed by atoms with Gasteiger partial charge in [-0.1, -0.05) is 22.0 Å². The predicted octanol–water partition coefficient (Wildman–Crippen LogP) is 3.90. The number of carbonyl (C=O) groups excluding carboxylic acids is 1. The molecule has 0 saturated carbocycles. The number of carbonyl (C=O) groups is 1. The minimum atomic E-state index is -0.170. The van der Waals surface area contributed by atoms with Gasteiger partial charge in [-0.25, -0.2) is 0 Å². The number of nitrogens with two attached hydrogens (primary N) is 1. The number of hydrogen-bond acceptors (Lipinski definition) is 2. The Morgan fingerprint density at radius 1 is 1.11 bits per heavy atom. The minimum Gasteiger partial charge on any atom is -0.399 e. The lowest BCUT2D eigenvalue weighted by atomic mass is 10.1. The van der Waals surface area contributed by atoms with Crippen molar-refractivity contribution in [2.45, 2.75) is 13.8 Å². The number of benzene rings is 2. The number of nitrogen functional groups attached to an aromatic ring is 1. The molecule has 4 heteroatoms. The van der Waals surface area contributed by atoms with E-state index in [1.165, 1.54) is 5.56 Å². The first kappa shape index (κ1) is 13.6. The lowest BCUT2D eigenvalue weighted by Gasteiger charge is -2.08. The molecule has 3 N–H and O–H groups in total. The van der Waals surface area contributed by atoms with E-state index in [1.54, 1.807) is 18.2 Å². The third-order valence-corrected chi connectivity index (χ3v) is 3.40. The van der Waals surface area contributed by atoms with Crippen LogP contribution >= 0.6 is 15.9 Å². The highest BCUT2D eigenvalue weighted by Gasteiger charge is 2.08. The maximum absolute atomic E-state index is 12.1. The van der Waals surface area contributed by atoms with Gasteiger partial charge in [-0.3, -0.25) is 4.79 Å². The van der Waals surface area contributed by atoms with Crippen molar-refractivity contribution in [1.82, 2.24) is 0 Å². The van der Waals surface area contributed by atoms with Crippen molar-refractivity contribution in [3.8, 4) is 0 Å². The number of hydrogen-bond donors (Lipinski definition) is 2. The van der Waals surface area contributed by atoms with Crippen LogP contribution in [0, 0.1) is 13.8 Å². The number of halogens is 1. The summed E-state index contributed by atoms with van der Waals surface area (Å²) in [6, 6.07) is 11.0. The van der Waals surface area contributed by atoms with E-state index in [0.717, 1.165) is 15.7 Å². The van der Waals surface area contributed by atoms with Crippen LogP contribution in [0.1, 0.15) is 21.5 Å². The van der Waals surface area contributed by atoms with Crippen LogP contribution < -0.4 is 11.1 Å². The highest BCUT2D eigenvalue weighted by Crippen LogP contribution is 2.19. The minimum absolute atomic E-state index is 0.170. The first-order valence-electron chi connectivity index (χ1n) is 5.90. The van der Waals surface area contributed by atoms with Crippen molar-refractivity contribution >= 4 is 33.2 Å². The number of aryl methyl sites for hydroxylation is 2. The third-order valence-electron chi connectivity index (χ3n) is 2.95. The lowest BCUT2D eigenvalue weighted by molar-refractivity contribution is 0.102. The van der Waals surface area contributed by atoms with Crippen LogP contribution in [-0.2, 0) is 0 Å². The van der Waals surface area contributed by atoms with Crippen LogP contribution in [0.4, 0.5) is 11.4 Å². The van der Waals surface area contributed by atoms with Gasteiger partial charge in [0, 0.05) is 21.4 Å².